The molecule has 1 atom stereocenters. The van der Waals surface area contributed by atoms with Crippen molar-refractivity contribution in [2.75, 3.05) is 13.1 Å². The maximum absolute atomic E-state index is 12.8. The van der Waals surface area contributed by atoms with Crippen LogP contribution in [0.1, 0.15) is 64.2 Å². The average molecular weight is 264 g/mol. The fourth-order valence-electron chi connectivity index (χ4n) is 3.71. The van der Waals surface area contributed by atoms with Crippen LogP contribution in [0.3, 0.4) is 0 Å². The fraction of sp³-hybridized carbons (Fsp3) is 0.938. The minimum atomic E-state index is 0.345. The standard InChI is InChI=1S/C16H28N2O/c19-16(13-6-2-1-3-7-13)18(15-9-10-15)12-14-8-4-5-11-17-14/h13-15,17H,1-12H2. The highest BCUT2D eigenvalue weighted by molar-refractivity contribution is 5.79. The van der Waals surface area contributed by atoms with Gasteiger partial charge in [-0.05, 0) is 45.1 Å². The second-order valence-electron chi connectivity index (χ2n) is 6.70. The minimum absolute atomic E-state index is 0.345. The molecule has 2 aliphatic carbocycles. The van der Waals surface area contributed by atoms with Crippen LogP contribution in [-0.4, -0.2) is 36.0 Å². The van der Waals surface area contributed by atoms with Gasteiger partial charge < -0.3 is 10.2 Å². The van der Waals surface area contributed by atoms with Gasteiger partial charge in [0.15, 0.2) is 0 Å². The highest BCUT2D eigenvalue weighted by Crippen LogP contribution is 2.32. The van der Waals surface area contributed by atoms with Gasteiger partial charge in [-0.15, -0.1) is 0 Å². The summed E-state index contributed by atoms with van der Waals surface area (Å²) in [7, 11) is 0. The van der Waals surface area contributed by atoms with Gasteiger partial charge in [-0.1, -0.05) is 25.7 Å². The van der Waals surface area contributed by atoms with Crippen molar-refractivity contribution in [1.82, 2.24) is 10.2 Å². The molecule has 19 heavy (non-hydrogen) atoms. The second-order valence-corrected chi connectivity index (χ2v) is 6.70. The Bertz CT molecular complexity index is 302. The van der Waals surface area contributed by atoms with Crippen LogP contribution in [0.15, 0.2) is 0 Å². The number of nitrogens with zero attached hydrogens (tertiary/aromatic N) is 1. The maximum Gasteiger partial charge on any atom is 0.225 e. The van der Waals surface area contributed by atoms with E-state index < -0.39 is 0 Å². The predicted molar refractivity (Wildman–Crippen MR) is 77.0 cm³/mol. The Morgan fingerprint density at radius 3 is 2.32 bits per heavy atom. The van der Waals surface area contributed by atoms with E-state index >= 15 is 0 Å². The van der Waals surface area contributed by atoms with Crippen molar-refractivity contribution >= 4 is 5.91 Å². The molecule has 0 radical (unpaired) electrons. The Labute approximate surface area is 117 Å². The van der Waals surface area contributed by atoms with Crippen molar-refractivity contribution in [2.24, 2.45) is 5.92 Å². The molecule has 3 rings (SSSR count). The van der Waals surface area contributed by atoms with Gasteiger partial charge in [0.05, 0.1) is 0 Å². The predicted octanol–water partition coefficient (Wildman–Crippen LogP) is 2.70. The molecule has 1 N–H and O–H groups in total. The van der Waals surface area contributed by atoms with Gasteiger partial charge in [0.25, 0.3) is 0 Å². The summed E-state index contributed by atoms with van der Waals surface area (Å²) in [4.78, 5) is 15.0. The smallest absolute Gasteiger partial charge is 0.225 e. The lowest BCUT2D eigenvalue weighted by Gasteiger charge is -2.34. The summed E-state index contributed by atoms with van der Waals surface area (Å²) in [5.41, 5.74) is 0. The summed E-state index contributed by atoms with van der Waals surface area (Å²) < 4.78 is 0. The minimum Gasteiger partial charge on any atom is -0.338 e. The zero-order valence-corrected chi connectivity index (χ0v) is 12.1. The molecule has 1 saturated heterocycles. The maximum atomic E-state index is 12.8. The van der Waals surface area contributed by atoms with E-state index in [9.17, 15) is 4.79 Å². The average Bonchev–Trinajstić information content (AvgIpc) is 3.31. The molecule has 0 aromatic carbocycles. The number of carbonyl (C=O) groups excluding carboxylic acids is 1. The lowest BCUT2D eigenvalue weighted by atomic mass is 9.88. The molecule has 1 aliphatic heterocycles. The van der Waals surface area contributed by atoms with Gasteiger partial charge in [-0.3, -0.25) is 4.79 Å². The number of nitrogens with one attached hydrogen (secondary N) is 1. The van der Waals surface area contributed by atoms with Crippen LogP contribution in [0.25, 0.3) is 0 Å². The summed E-state index contributed by atoms with van der Waals surface area (Å²) in [5.74, 6) is 0.826. The molecule has 3 aliphatic rings. The van der Waals surface area contributed by atoms with Gasteiger partial charge >= 0.3 is 0 Å². The van der Waals surface area contributed by atoms with Crippen molar-refractivity contribution in [1.29, 1.82) is 0 Å². The lowest BCUT2D eigenvalue weighted by molar-refractivity contribution is -0.137. The summed E-state index contributed by atoms with van der Waals surface area (Å²) in [6, 6.07) is 1.14. The molecule has 3 fully saturated rings. The quantitative estimate of drug-likeness (QED) is 0.846. The van der Waals surface area contributed by atoms with Gasteiger partial charge in [-0.2, -0.15) is 0 Å². The molecule has 3 nitrogen and oxygen atoms in total. The first-order chi connectivity index (χ1) is 9.34. The Morgan fingerprint density at radius 2 is 1.68 bits per heavy atom. The first-order valence-corrected chi connectivity index (χ1v) is 8.38. The van der Waals surface area contributed by atoms with Crippen LogP contribution in [0, 0.1) is 5.92 Å². The third-order valence-electron chi connectivity index (χ3n) is 5.05. The number of hydrogen-bond acceptors (Lipinski definition) is 2. The van der Waals surface area contributed by atoms with Crippen LogP contribution >= 0.6 is 0 Å². The first-order valence-electron chi connectivity index (χ1n) is 8.38. The van der Waals surface area contributed by atoms with E-state index in [-0.39, 0.29) is 0 Å². The molecular weight excluding hydrogens is 236 g/mol. The van der Waals surface area contributed by atoms with Crippen LogP contribution in [0.5, 0.6) is 0 Å². The molecule has 1 unspecified atom stereocenters. The molecule has 1 heterocycles. The van der Waals surface area contributed by atoms with Crippen molar-refractivity contribution in [3.63, 3.8) is 0 Å². The highest BCUT2D eigenvalue weighted by atomic mass is 16.2. The fourth-order valence-corrected chi connectivity index (χ4v) is 3.71. The Balaban J connectivity index is 1.57. The van der Waals surface area contributed by atoms with Gasteiger partial charge in [0.2, 0.25) is 5.91 Å². The number of hydrogen-bond donors (Lipinski definition) is 1. The van der Waals surface area contributed by atoms with Crippen LogP contribution in [-0.2, 0) is 4.79 Å². The van der Waals surface area contributed by atoms with Crippen molar-refractivity contribution in [3.05, 3.63) is 0 Å². The number of rotatable bonds is 4. The molecule has 2 saturated carbocycles. The van der Waals surface area contributed by atoms with E-state index in [2.05, 4.69) is 10.2 Å². The largest absolute Gasteiger partial charge is 0.338 e. The zero-order valence-electron chi connectivity index (χ0n) is 12.1. The molecule has 0 bridgehead atoms. The summed E-state index contributed by atoms with van der Waals surface area (Å²) >= 11 is 0. The highest BCUT2D eigenvalue weighted by Gasteiger charge is 2.37. The first kappa shape index (κ1) is 13.4. The van der Waals surface area contributed by atoms with E-state index in [1.165, 1.54) is 51.4 Å². The van der Waals surface area contributed by atoms with E-state index in [4.69, 9.17) is 0 Å². The summed E-state index contributed by atoms with van der Waals surface area (Å²) in [5, 5.41) is 3.60. The third-order valence-corrected chi connectivity index (χ3v) is 5.05. The molecule has 3 heteroatoms. The molecule has 108 valence electrons. The number of piperidine rings is 1. The SMILES string of the molecule is O=C(C1CCCCC1)N(CC1CCCCN1)C1CC1. The van der Waals surface area contributed by atoms with Crippen molar-refractivity contribution in [2.45, 2.75) is 76.3 Å². The molecular formula is C16H28N2O. The van der Waals surface area contributed by atoms with Crippen molar-refractivity contribution < 1.29 is 4.79 Å². The second kappa shape index (κ2) is 6.25. The van der Waals surface area contributed by atoms with Crippen LogP contribution < -0.4 is 5.32 Å². The third kappa shape index (κ3) is 3.50. The van der Waals surface area contributed by atoms with Crippen LogP contribution in [0.4, 0.5) is 0 Å². The van der Waals surface area contributed by atoms with E-state index in [0.717, 1.165) is 25.9 Å². The van der Waals surface area contributed by atoms with Gasteiger partial charge in [0.1, 0.15) is 0 Å². The van der Waals surface area contributed by atoms with E-state index in [0.29, 0.717) is 23.9 Å². The number of amides is 1. The van der Waals surface area contributed by atoms with E-state index in [1.54, 1.807) is 0 Å². The van der Waals surface area contributed by atoms with Gasteiger partial charge in [0, 0.05) is 24.5 Å². The molecule has 0 aromatic rings. The normalized spacial score (nSPS) is 29.2. The zero-order chi connectivity index (χ0) is 13.1. The Morgan fingerprint density at radius 1 is 0.947 bits per heavy atom. The van der Waals surface area contributed by atoms with Crippen LogP contribution in [0.2, 0.25) is 0 Å². The molecule has 0 aromatic heterocycles. The Kier molecular flexibility index (Phi) is 4.42. The van der Waals surface area contributed by atoms with Crippen molar-refractivity contribution in [3.8, 4) is 0 Å². The molecule has 1 amide bonds. The van der Waals surface area contributed by atoms with Gasteiger partial charge in [-0.25, -0.2) is 0 Å². The topological polar surface area (TPSA) is 32.3 Å². The monoisotopic (exact) mass is 264 g/mol. The van der Waals surface area contributed by atoms with E-state index in [1.807, 2.05) is 0 Å². The Hall–Kier alpha value is -0.570. The summed E-state index contributed by atoms with van der Waals surface area (Å²) in [6.45, 7) is 2.11. The molecule has 0 spiro atoms. The summed E-state index contributed by atoms with van der Waals surface area (Å²) in [6.07, 6.45) is 12.5. The number of carbonyl (C=O) groups is 1. The lowest BCUT2D eigenvalue weighted by Crippen LogP contribution is -2.48.